The number of benzene rings is 2. The molecule has 5 nitrogen and oxygen atoms in total. The van der Waals surface area contributed by atoms with E-state index in [1.54, 1.807) is 0 Å². The van der Waals surface area contributed by atoms with Gasteiger partial charge in [0.2, 0.25) is 0 Å². The lowest BCUT2D eigenvalue weighted by Crippen LogP contribution is -2.30. The summed E-state index contributed by atoms with van der Waals surface area (Å²) in [6.45, 7) is -3.17. The number of nitrogens with one attached hydrogen (secondary N) is 1. The minimum absolute atomic E-state index is 0.167. The fourth-order valence-electron chi connectivity index (χ4n) is 2.08. The van der Waals surface area contributed by atoms with Crippen molar-refractivity contribution in [3.63, 3.8) is 0 Å². The second-order valence-corrected chi connectivity index (χ2v) is 5.04. The van der Waals surface area contributed by atoms with E-state index in [4.69, 9.17) is 4.74 Å². The van der Waals surface area contributed by atoms with Crippen molar-refractivity contribution in [3.8, 4) is 5.75 Å². The van der Waals surface area contributed by atoms with Crippen molar-refractivity contribution in [2.45, 2.75) is 13.0 Å². The smallest absolute Gasteiger partial charge is 0.387 e. The Balaban J connectivity index is 1.78. The molecular formula is C18H17F2NO4. The van der Waals surface area contributed by atoms with E-state index in [1.807, 2.05) is 30.3 Å². The number of hydrogen-bond donors (Lipinski definition) is 1. The van der Waals surface area contributed by atoms with E-state index >= 15 is 0 Å². The summed E-state index contributed by atoms with van der Waals surface area (Å²) >= 11 is 0. The molecule has 0 unspecified atom stereocenters. The second-order valence-electron chi connectivity index (χ2n) is 5.04. The van der Waals surface area contributed by atoms with Crippen LogP contribution < -0.4 is 10.1 Å². The normalized spacial score (nSPS) is 10.4. The van der Waals surface area contributed by atoms with E-state index in [2.05, 4.69) is 10.1 Å². The van der Waals surface area contributed by atoms with Crippen molar-refractivity contribution in [2.75, 3.05) is 13.2 Å². The average Bonchev–Trinajstić information content (AvgIpc) is 2.60. The van der Waals surface area contributed by atoms with Crippen LogP contribution >= 0.6 is 0 Å². The number of amides is 1. The Kier molecular flexibility index (Phi) is 6.88. The van der Waals surface area contributed by atoms with E-state index in [-0.39, 0.29) is 11.3 Å². The van der Waals surface area contributed by atoms with Gasteiger partial charge in [0.05, 0.1) is 0 Å². The molecule has 0 fully saturated rings. The van der Waals surface area contributed by atoms with Crippen LogP contribution in [0.3, 0.4) is 0 Å². The molecule has 0 aromatic heterocycles. The van der Waals surface area contributed by atoms with Gasteiger partial charge in [-0.2, -0.15) is 8.78 Å². The fourth-order valence-corrected chi connectivity index (χ4v) is 2.08. The molecule has 0 heterocycles. The van der Waals surface area contributed by atoms with Gasteiger partial charge in [0.15, 0.2) is 6.61 Å². The molecule has 0 spiro atoms. The highest BCUT2D eigenvalue weighted by atomic mass is 19.3. The van der Waals surface area contributed by atoms with Crippen molar-refractivity contribution < 1.29 is 27.8 Å². The minimum Gasteiger partial charge on any atom is -0.452 e. The zero-order valence-corrected chi connectivity index (χ0v) is 13.3. The molecular weight excluding hydrogens is 332 g/mol. The van der Waals surface area contributed by atoms with Crippen LogP contribution in [0.15, 0.2) is 54.6 Å². The maximum absolute atomic E-state index is 12.3. The van der Waals surface area contributed by atoms with Crippen molar-refractivity contribution in [3.05, 3.63) is 65.7 Å². The molecule has 0 aliphatic heterocycles. The molecule has 2 rings (SSSR count). The maximum Gasteiger partial charge on any atom is 0.387 e. The number of para-hydroxylation sites is 1. The average molecular weight is 349 g/mol. The van der Waals surface area contributed by atoms with Crippen LogP contribution in [0.4, 0.5) is 8.78 Å². The predicted molar refractivity (Wildman–Crippen MR) is 86.5 cm³/mol. The van der Waals surface area contributed by atoms with Crippen LogP contribution in [0, 0.1) is 0 Å². The number of halogens is 2. The van der Waals surface area contributed by atoms with Gasteiger partial charge in [-0.1, -0.05) is 42.5 Å². The maximum atomic E-state index is 12.3. The third-order valence-electron chi connectivity index (χ3n) is 3.24. The summed E-state index contributed by atoms with van der Waals surface area (Å²) in [6, 6.07) is 15.0. The first kappa shape index (κ1) is 18.4. The second kappa shape index (κ2) is 9.36. The Morgan fingerprint density at radius 3 is 2.40 bits per heavy atom. The highest BCUT2D eigenvalue weighted by molar-refractivity contribution is 5.93. The molecule has 0 saturated heterocycles. The third-order valence-corrected chi connectivity index (χ3v) is 3.24. The first-order valence-electron chi connectivity index (χ1n) is 7.58. The molecule has 2 aromatic carbocycles. The zero-order valence-electron chi connectivity index (χ0n) is 13.3. The van der Waals surface area contributed by atoms with E-state index in [9.17, 15) is 18.4 Å². The Bertz CT molecular complexity index is 707. The Morgan fingerprint density at radius 2 is 1.68 bits per heavy atom. The lowest BCUT2D eigenvalue weighted by Gasteiger charge is -2.10. The number of esters is 1. The van der Waals surface area contributed by atoms with Gasteiger partial charge in [-0.25, -0.2) is 4.79 Å². The van der Waals surface area contributed by atoms with E-state index in [0.717, 1.165) is 5.56 Å². The quantitative estimate of drug-likeness (QED) is 0.745. The number of rotatable bonds is 8. The molecule has 1 N–H and O–H groups in total. The van der Waals surface area contributed by atoms with E-state index in [1.165, 1.54) is 24.3 Å². The summed E-state index contributed by atoms with van der Waals surface area (Å²) in [4.78, 5) is 23.6. The van der Waals surface area contributed by atoms with Crippen LogP contribution in [0.1, 0.15) is 15.9 Å². The highest BCUT2D eigenvalue weighted by Gasteiger charge is 2.17. The number of carbonyl (C=O) groups is 2. The lowest BCUT2D eigenvalue weighted by atomic mass is 10.1. The van der Waals surface area contributed by atoms with Crippen LogP contribution in [0.25, 0.3) is 0 Å². The number of ether oxygens (including phenoxy) is 2. The highest BCUT2D eigenvalue weighted by Crippen LogP contribution is 2.20. The van der Waals surface area contributed by atoms with Crippen LogP contribution in [-0.2, 0) is 16.0 Å². The van der Waals surface area contributed by atoms with E-state index in [0.29, 0.717) is 13.0 Å². The first-order valence-corrected chi connectivity index (χ1v) is 7.58. The van der Waals surface area contributed by atoms with Crippen molar-refractivity contribution in [2.24, 2.45) is 0 Å². The first-order chi connectivity index (χ1) is 12.1. The Hall–Kier alpha value is -2.96. The standard InChI is InChI=1S/C18H17F2NO4/c19-18(20)25-15-9-5-4-8-14(15)17(23)24-12-16(22)21-11-10-13-6-2-1-3-7-13/h1-9,18H,10-12H2,(H,21,22). The SMILES string of the molecule is O=C(COC(=O)c1ccccc1OC(F)F)NCCc1ccccc1. The lowest BCUT2D eigenvalue weighted by molar-refractivity contribution is -0.124. The summed E-state index contributed by atoms with van der Waals surface area (Å²) < 4.78 is 33.7. The minimum atomic E-state index is -3.06. The van der Waals surface area contributed by atoms with Gasteiger partial charge in [0.25, 0.3) is 5.91 Å². The Labute approximate surface area is 143 Å². The summed E-state index contributed by atoms with van der Waals surface area (Å²) in [5.74, 6) is -1.68. The van der Waals surface area contributed by atoms with E-state index < -0.39 is 25.1 Å². The van der Waals surface area contributed by atoms with Gasteiger partial charge >= 0.3 is 12.6 Å². The van der Waals surface area contributed by atoms with Crippen LogP contribution in [0.5, 0.6) is 5.75 Å². The van der Waals surface area contributed by atoms with Crippen LogP contribution in [0.2, 0.25) is 0 Å². The van der Waals surface area contributed by atoms with Crippen molar-refractivity contribution in [1.29, 1.82) is 0 Å². The van der Waals surface area contributed by atoms with Gasteiger partial charge < -0.3 is 14.8 Å². The summed E-state index contributed by atoms with van der Waals surface area (Å²) in [6.07, 6.45) is 0.644. The monoisotopic (exact) mass is 349 g/mol. The molecule has 132 valence electrons. The molecule has 0 atom stereocenters. The fraction of sp³-hybridized carbons (Fsp3) is 0.222. The van der Waals surface area contributed by atoms with Gasteiger partial charge in [0, 0.05) is 6.54 Å². The number of alkyl halides is 2. The third kappa shape index (κ3) is 6.21. The molecule has 7 heteroatoms. The van der Waals surface area contributed by atoms with Crippen LogP contribution in [-0.4, -0.2) is 31.6 Å². The topological polar surface area (TPSA) is 64.6 Å². The van der Waals surface area contributed by atoms with Gasteiger partial charge in [-0.3, -0.25) is 4.79 Å². The van der Waals surface area contributed by atoms with Gasteiger partial charge in [-0.05, 0) is 24.1 Å². The molecule has 0 bridgehead atoms. The van der Waals surface area contributed by atoms with Gasteiger partial charge in [-0.15, -0.1) is 0 Å². The molecule has 0 saturated carbocycles. The predicted octanol–water partition coefficient (Wildman–Crippen LogP) is 2.80. The van der Waals surface area contributed by atoms with Crippen molar-refractivity contribution >= 4 is 11.9 Å². The molecule has 0 radical (unpaired) electrons. The number of hydrogen-bond acceptors (Lipinski definition) is 4. The van der Waals surface area contributed by atoms with Crippen molar-refractivity contribution in [1.82, 2.24) is 5.32 Å². The molecule has 0 aliphatic carbocycles. The molecule has 0 aliphatic rings. The molecule has 1 amide bonds. The summed E-state index contributed by atoms with van der Waals surface area (Å²) in [5.41, 5.74) is 0.901. The zero-order chi connectivity index (χ0) is 18.1. The summed E-state index contributed by atoms with van der Waals surface area (Å²) in [7, 11) is 0. The van der Waals surface area contributed by atoms with Gasteiger partial charge in [0.1, 0.15) is 11.3 Å². The molecule has 25 heavy (non-hydrogen) atoms. The Morgan fingerprint density at radius 1 is 1.00 bits per heavy atom. The molecule has 2 aromatic rings. The largest absolute Gasteiger partial charge is 0.452 e. The summed E-state index contributed by atoms with van der Waals surface area (Å²) in [5, 5.41) is 2.62. The number of carbonyl (C=O) groups excluding carboxylic acids is 2.